The van der Waals surface area contributed by atoms with Crippen LogP contribution in [0.2, 0.25) is 10.0 Å². The van der Waals surface area contributed by atoms with Gasteiger partial charge in [0.15, 0.2) is 0 Å². The second-order valence-electron chi connectivity index (χ2n) is 9.23. The molecule has 1 aromatic rings. The van der Waals surface area contributed by atoms with E-state index in [0.29, 0.717) is 27.7 Å². The predicted octanol–water partition coefficient (Wildman–Crippen LogP) is 3.59. The highest BCUT2D eigenvalue weighted by Gasteiger charge is 2.54. The second-order valence-corrected chi connectivity index (χ2v) is 11.2. The maximum Gasteiger partial charge on any atom is 0.352 e. The largest absolute Gasteiger partial charge is 0.477 e. The van der Waals surface area contributed by atoms with E-state index >= 15 is 0 Å². The van der Waals surface area contributed by atoms with E-state index in [4.69, 9.17) is 32.7 Å². The summed E-state index contributed by atoms with van der Waals surface area (Å²) in [7, 11) is 0. The molecule has 3 rings (SSSR count). The molecule has 2 heterocycles. The van der Waals surface area contributed by atoms with Crippen molar-refractivity contribution in [3.63, 3.8) is 0 Å². The fourth-order valence-corrected chi connectivity index (χ4v) is 5.95. The number of unbranched alkanes of at least 4 members (excludes halogenated alkanes) is 1. The Hall–Kier alpha value is -2.96. The minimum absolute atomic E-state index is 0.0231. The summed E-state index contributed by atoms with van der Waals surface area (Å²) >= 11 is 13.5. The Balaban J connectivity index is 1.57. The molecule has 1 unspecified atom stereocenters. The first kappa shape index (κ1) is 31.6. The van der Waals surface area contributed by atoms with E-state index in [1.54, 1.807) is 18.2 Å². The third kappa shape index (κ3) is 8.05. The summed E-state index contributed by atoms with van der Waals surface area (Å²) in [6, 6.07) is 3.18. The molecule has 0 aromatic heterocycles. The summed E-state index contributed by atoms with van der Waals surface area (Å²) in [6.07, 6.45) is 2.16. The lowest BCUT2D eigenvalue weighted by Gasteiger charge is -2.49. The van der Waals surface area contributed by atoms with Gasteiger partial charge in [0.2, 0.25) is 5.91 Å². The van der Waals surface area contributed by atoms with Crippen LogP contribution in [0.4, 0.5) is 5.69 Å². The third-order valence-corrected chi connectivity index (χ3v) is 8.09. The van der Waals surface area contributed by atoms with Crippen LogP contribution >= 0.6 is 35.0 Å². The average Bonchev–Trinajstić information content (AvgIpc) is 2.90. The molecule has 0 radical (unpaired) electrons. The van der Waals surface area contributed by atoms with Gasteiger partial charge in [0.05, 0.1) is 17.3 Å². The quantitative estimate of drug-likeness (QED) is 0.161. The molecule has 3 atom stereocenters. The van der Waals surface area contributed by atoms with Crippen molar-refractivity contribution in [1.29, 1.82) is 0 Å². The van der Waals surface area contributed by atoms with E-state index in [2.05, 4.69) is 10.6 Å². The molecule has 3 N–H and O–H groups in total. The van der Waals surface area contributed by atoms with Crippen LogP contribution in [-0.4, -0.2) is 76.2 Å². The number of halogens is 2. The van der Waals surface area contributed by atoms with Crippen LogP contribution in [0.5, 0.6) is 0 Å². The van der Waals surface area contributed by atoms with Gasteiger partial charge in [-0.25, -0.2) is 9.59 Å². The van der Waals surface area contributed by atoms with Crippen LogP contribution in [0.25, 0.3) is 0 Å². The van der Waals surface area contributed by atoms with Crippen molar-refractivity contribution in [1.82, 2.24) is 10.2 Å². The first-order valence-electron chi connectivity index (χ1n) is 12.7. The molecular formula is C26H31Cl2N3O8S. The van der Waals surface area contributed by atoms with Gasteiger partial charge in [0.25, 0.3) is 5.91 Å². The van der Waals surface area contributed by atoms with Crippen LogP contribution in [0.3, 0.4) is 0 Å². The standard InChI is InChI=1S/C26H31Cl2N3O8S/c1-3-4-10-38-26(37)19(29-18-9-8-16(27)11-17(18)28)6-5-7-20(33)30-21-23(34)31-22(25(35)36)15(12-39-14(2)32)13-40-24(21)31/h8-9,11,19,21,24,29H,3-7,10,12-13H2,1-2H3,(H,30,33)(H,35,36)/t19?,21-,24-/m1/s1. The zero-order valence-electron chi connectivity index (χ0n) is 22.0. The zero-order chi connectivity index (χ0) is 29.4. The van der Waals surface area contributed by atoms with Gasteiger partial charge in [-0.3, -0.25) is 19.3 Å². The smallest absolute Gasteiger partial charge is 0.352 e. The van der Waals surface area contributed by atoms with Gasteiger partial charge in [0.1, 0.15) is 29.8 Å². The summed E-state index contributed by atoms with van der Waals surface area (Å²) < 4.78 is 10.3. The SMILES string of the molecule is CCCCOC(=O)C(CCCC(=O)N[C@@H]1C(=O)N2C(C(=O)O)=C(COC(C)=O)CS[C@H]12)Nc1ccc(Cl)cc1Cl. The predicted molar refractivity (Wildman–Crippen MR) is 150 cm³/mol. The summed E-state index contributed by atoms with van der Waals surface area (Å²) in [5, 5.41) is 15.6. The number of nitrogens with one attached hydrogen (secondary N) is 2. The van der Waals surface area contributed by atoms with Gasteiger partial charge in [-0.15, -0.1) is 11.8 Å². The summed E-state index contributed by atoms with van der Waals surface area (Å²) in [6.45, 7) is 3.24. The van der Waals surface area contributed by atoms with E-state index in [-0.39, 0.29) is 37.5 Å². The average molecular weight is 617 g/mol. The summed E-state index contributed by atoms with van der Waals surface area (Å²) in [4.78, 5) is 62.3. The molecular weight excluding hydrogens is 585 g/mol. The highest BCUT2D eigenvalue weighted by atomic mass is 35.5. The number of esters is 2. The number of aliphatic carboxylic acids is 1. The van der Waals surface area contributed by atoms with Crippen LogP contribution < -0.4 is 10.6 Å². The first-order valence-corrected chi connectivity index (χ1v) is 14.5. The summed E-state index contributed by atoms with van der Waals surface area (Å²) in [5.74, 6) is -3.08. The Morgan fingerprint density at radius 2 is 1.95 bits per heavy atom. The van der Waals surface area contributed by atoms with Gasteiger partial charge in [-0.05, 0) is 37.5 Å². The molecule has 11 nitrogen and oxygen atoms in total. The Labute approximate surface area is 245 Å². The number of fused-ring (bicyclic) bond motifs is 1. The molecule has 1 aromatic carbocycles. The molecule has 2 aliphatic heterocycles. The number of carboxylic acids is 1. The van der Waals surface area contributed by atoms with Crippen LogP contribution in [0.1, 0.15) is 46.0 Å². The molecule has 0 aliphatic carbocycles. The lowest BCUT2D eigenvalue weighted by Crippen LogP contribution is -2.70. The molecule has 2 aliphatic rings. The van der Waals surface area contributed by atoms with E-state index < -0.39 is 47.2 Å². The zero-order valence-corrected chi connectivity index (χ0v) is 24.4. The highest BCUT2D eigenvalue weighted by Crippen LogP contribution is 2.40. The van der Waals surface area contributed by atoms with E-state index in [1.165, 1.54) is 18.7 Å². The van der Waals surface area contributed by atoms with Gasteiger partial charge < -0.3 is 25.2 Å². The van der Waals surface area contributed by atoms with E-state index in [0.717, 1.165) is 17.7 Å². The Bertz CT molecular complexity index is 1190. The number of carboxylic acid groups (broad SMARTS) is 1. The van der Waals surface area contributed by atoms with Gasteiger partial charge in [-0.2, -0.15) is 0 Å². The third-order valence-electron chi connectivity index (χ3n) is 6.20. The number of carbonyl (C=O) groups excluding carboxylic acids is 4. The number of hydrogen-bond donors (Lipinski definition) is 3. The minimum Gasteiger partial charge on any atom is -0.477 e. The number of rotatable bonds is 14. The molecule has 0 bridgehead atoms. The molecule has 0 saturated carbocycles. The molecule has 1 saturated heterocycles. The molecule has 0 spiro atoms. The van der Waals surface area contributed by atoms with Crippen LogP contribution in [0, 0.1) is 0 Å². The summed E-state index contributed by atoms with van der Waals surface area (Å²) in [5.41, 5.74) is 0.585. The number of amides is 2. The monoisotopic (exact) mass is 615 g/mol. The lowest BCUT2D eigenvalue weighted by atomic mass is 10.0. The van der Waals surface area contributed by atoms with Crippen molar-refractivity contribution in [3.05, 3.63) is 39.5 Å². The Morgan fingerprint density at radius 1 is 1.20 bits per heavy atom. The van der Waals surface area contributed by atoms with Crippen molar-refractivity contribution in [2.45, 2.75) is 63.4 Å². The fraction of sp³-hybridized carbons (Fsp3) is 0.500. The van der Waals surface area contributed by atoms with Gasteiger partial charge in [0, 0.05) is 29.7 Å². The van der Waals surface area contributed by atoms with Crippen LogP contribution in [-0.2, 0) is 33.4 Å². The van der Waals surface area contributed by atoms with Crippen molar-refractivity contribution in [2.75, 3.05) is 24.3 Å². The van der Waals surface area contributed by atoms with Crippen molar-refractivity contribution in [2.24, 2.45) is 0 Å². The fourth-order valence-electron chi connectivity index (χ4n) is 4.16. The maximum absolute atomic E-state index is 12.8. The number of anilines is 1. The number of hydrogen-bond acceptors (Lipinski definition) is 9. The molecule has 2 amide bonds. The minimum atomic E-state index is -1.31. The first-order chi connectivity index (χ1) is 19.0. The number of nitrogens with zero attached hydrogens (tertiary/aromatic N) is 1. The molecule has 218 valence electrons. The van der Waals surface area contributed by atoms with E-state index in [9.17, 15) is 29.1 Å². The van der Waals surface area contributed by atoms with Gasteiger partial charge >= 0.3 is 17.9 Å². The highest BCUT2D eigenvalue weighted by molar-refractivity contribution is 8.00. The molecule has 14 heteroatoms. The second kappa shape index (κ2) is 14.6. The number of benzene rings is 1. The maximum atomic E-state index is 12.8. The number of ether oxygens (including phenoxy) is 2. The lowest BCUT2D eigenvalue weighted by molar-refractivity contribution is -0.151. The molecule has 1 fully saturated rings. The number of carbonyl (C=O) groups is 5. The van der Waals surface area contributed by atoms with Crippen LogP contribution in [0.15, 0.2) is 29.5 Å². The normalized spacial score (nSPS) is 18.8. The Kier molecular flexibility index (Phi) is 11.5. The van der Waals surface area contributed by atoms with E-state index in [1.807, 2.05) is 6.92 Å². The van der Waals surface area contributed by atoms with Gasteiger partial charge in [-0.1, -0.05) is 36.5 Å². The molecule has 40 heavy (non-hydrogen) atoms. The van der Waals surface area contributed by atoms with Crippen molar-refractivity contribution < 1.29 is 38.6 Å². The number of thioether (sulfide) groups is 1. The topological polar surface area (TPSA) is 151 Å². The van der Waals surface area contributed by atoms with Crippen molar-refractivity contribution in [3.8, 4) is 0 Å². The van der Waals surface area contributed by atoms with Crippen molar-refractivity contribution >= 4 is 70.4 Å². The Morgan fingerprint density at radius 3 is 2.60 bits per heavy atom. The number of β-lactam (4-membered cyclic amide) rings is 1.